The van der Waals surface area contributed by atoms with Crippen LogP contribution in [-0.2, 0) is 32.6 Å². The molecule has 0 aliphatic carbocycles. The minimum absolute atomic E-state index is 0.0572. The molecule has 4 aromatic heterocycles. The number of unbranched alkanes of at least 4 members (excludes halogenated alkanes) is 1. The number of ether oxygens (including phenoxy) is 1. The molecular formula is C35H40N10O4. The molecule has 0 aliphatic rings. The van der Waals surface area contributed by atoms with Crippen LogP contribution >= 0.6 is 0 Å². The van der Waals surface area contributed by atoms with Gasteiger partial charge in [-0.2, -0.15) is 10.2 Å². The molecule has 254 valence electrons. The second kappa shape index (κ2) is 13.7. The first-order chi connectivity index (χ1) is 23.6. The standard InChI is InChI=1S/C35H40N10O4/c1-6-44-27(17-21(3)40-44)29(46)20-31-37-24-11-10-12-30(49-5)32(24)43(31)16-9-8-15-42-26-14-13-23(33(36)47)19-25(26)38-35(42)39-34(48)28-18-22(4)41-45(28)7-2/h10-14,17-19H,6-9,15-16,20H2,1-5H3,(H2,36,47)(H,38,39,48). The number of hydrogen-bond donors (Lipinski definition) is 2. The van der Waals surface area contributed by atoms with E-state index in [2.05, 4.69) is 25.1 Å². The number of nitrogens with two attached hydrogens (primary N) is 1. The molecule has 14 nitrogen and oxygen atoms in total. The van der Waals surface area contributed by atoms with Crippen LogP contribution in [0.15, 0.2) is 48.5 Å². The van der Waals surface area contributed by atoms with Crippen molar-refractivity contribution in [1.29, 1.82) is 0 Å². The molecule has 2 aromatic carbocycles. The Hall–Kier alpha value is -5.79. The van der Waals surface area contributed by atoms with Gasteiger partial charge in [-0.25, -0.2) is 9.97 Å². The number of benzene rings is 2. The minimum Gasteiger partial charge on any atom is -0.494 e. The third-order valence-electron chi connectivity index (χ3n) is 8.54. The third kappa shape index (κ3) is 6.53. The summed E-state index contributed by atoms with van der Waals surface area (Å²) in [6.07, 6.45) is 1.52. The highest BCUT2D eigenvalue weighted by Gasteiger charge is 2.22. The van der Waals surface area contributed by atoms with Crippen molar-refractivity contribution in [2.75, 3.05) is 12.4 Å². The van der Waals surface area contributed by atoms with Crippen LogP contribution in [0.4, 0.5) is 5.95 Å². The maximum absolute atomic E-state index is 13.5. The fourth-order valence-corrected chi connectivity index (χ4v) is 6.27. The Morgan fingerprint density at radius 3 is 2.18 bits per heavy atom. The van der Waals surface area contributed by atoms with Gasteiger partial charge in [0.25, 0.3) is 5.91 Å². The van der Waals surface area contributed by atoms with E-state index in [4.69, 9.17) is 15.5 Å². The van der Waals surface area contributed by atoms with Crippen LogP contribution < -0.4 is 15.8 Å². The molecule has 0 unspecified atom stereocenters. The third-order valence-corrected chi connectivity index (χ3v) is 8.54. The van der Waals surface area contributed by atoms with E-state index in [-0.39, 0.29) is 18.1 Å². The molecule has 14 heteroatoms. The highest BCUT2D eigenvalue weighted by molar-refractivity contribution is 6.03. The number of Topliss-reactive ketones (excluding diaryl/α,β-unsaturated/α-hetero) is 1. The Balaban J connectivity index is 1.27. The van der Waals surface area contributed by atoms with Crippen molar-refractivity contribution >= 4 is 45.6 Å². The van der Waals surface area contributed by atoms with Crippen LogP contribution in [0.3, 0.4) is 0 Å². The van der Waals surface area contributed by atoms with Gasteiger partial charge in [-0.3, -0.25) is 29.1 Å². The molecule has 49 heavy (non-hydrogen) atoms. The topological polar surface area (TPSA) is 170 Å². The summed E-state index contributed by atoms with van der Waals surface area (Å²) < 4.78 is 13.1. The van der Waals surface area contributed by atoms with Gasteiger partial charge in [0.05, 0.1) is 41.5 Å². The SMILES string of the molecule is CCn1nc(C)cc1C(=O)Cc1nc2cccc(OC)c2n1CCCCn1c(NC(=O)c2cc(C)nn2CC)nc2cc(C(N)=O)ccc21. The first-order valence-corrected chi connectivity index (χ1v) is 16.4. The first-order valence-electron chi connectivity index (χ1n) is 16.4. The van der Waals surface area contributed by atoms with Gasteiger partial charge < -0.3 is 19.6 Å². The number of aryl methyl sites for hydroxylation is 6. The van der Waals surface area contributed by atoms with E-state index in [1.807, 2.05) is 56.5 Å². The zero-order valence-electron chi connectivity index (χ0n) is 28.4. The van der Waals surface area contributed by atoms with Gasteiger partial charge in [-0.05, 0) is 83.0 Å². The molecule has 0 saturated heterocycles. The van der Waals surface area contributed by atoms with Crippen molar-refractivity contribution in [3.8, 4) is 5.75 Å². The van der Waals surface area contributed by atoms with Gasteiger partial charge in [0, 0.05) is 31.7 Å². The number of hydrogen-bond acceptors (Lipinski definition) is 8. The average Bonchev–Trinajstić information content (AvgIpc) is 3.84. The van der Waals surface area contributed by atoms with Gasteiger partial charge in [0.1, 0.15) is 28.5 Å². The summed E-state index contributed by atoms with van der Waals surface area (Å²) >= 11 is 0. The van der Waals surface area contributed by atoms with Crippen molar-refractivity contribution in [1.82, 2.24) is 38.7 Å². The van der Waals surface area contributed by atoms with Crippen LogP contribution in [-0.4, -0.2) is 63.4 Å². The lowest BCUT2D eigenvalue weighted by Gasteiger charge is -2.13. The molecule has 0 saturated carbocycles. The number of methoxy groups -OCH3 is 1. The number of rotatable bonds is 14. The number of amides is 2. The van der Waals surface area contributed by atoms with Gasteiger partial charge >= 0.3 is 0 Å². The van der Waals surface area contributed by atoms with Crippen molar-refractivity contribution in [2.45, 2.75) is 73.1 Å². The van der Waals surface area contributed by atoms with Crippen molar-refractivity contribution in [2.24, 2.45) is 5.73 Å². The lowest BCUT2D eigenvalue weighted by molar-refractivity contribution is 0.0975. The molecule has 0 spiro atoms. The summed E-state index contributed by atoms with van der Waals surface area (Å²) in [4.78, 5) is 48.4. The molecule has 0 atom stereocenters. The van der Waals surface area contributed by atoms with Crippen LogP contribution in [0.5, 0.6) is 5.75 Å². The van der Waals surface area contributed by atoms with Crippen molar-refractivity contribution < 1.29 is 19.1 Å². The molecule has 0 radical (unpaired) electrons. The lowest BCUT2D eigenvalue weighted by atomic mass is 10.2. The highest BCUT2D eigenvalue weighted by atomic mass is 16.5. The van der Waals surface area contributed by atoms with Gasteiger partial charge in [-0.1, -0.05) is 6.07 Å². The zero-order valence-corrected chi connectivity index (χ0v) is 28.4. The Labute approximate surface area is 282 Å². The number of carbonyl (C=O) groups excluding carboxylic acids is 3. The van der Waals surface area contributed by atoms with E-state index >= 15 is 0 Å². The number of fused-ring (bicyclic) bond motifs is 2. The Kier molecular flexibility index (Phi) is 9.29. The summed E-state index contributed by atoms with van der Waals surface area (Å²) in [5, 5.41) is 11.8. The predicted molar refractivity (Wildman–Crippen MR) is 185 cm³/mol. The predicted octanol–water partition coefficient (Wildman–Crippen LogP) is 4.70. The quantitative estimate of drug-likeness (QED) is 0.125. The largest absolute Gasteiger partial charge is 0.494 e. The number of nitrogens with zero attached hydrogens (tertiary/aromatic N) is 8. The smallest absolute Gasteiger partial charge is 0.276 e. The Bertz CT molecular complexity index is 2200. The molecule has 0 fully saturated rings. The Morgan fingerprint density at radius 2 is 1.51 bits per heavy atom. The number of anilines is 1. The number of nitrogens with one attached hydrogen (secondary N) is 1. The number of aromatic nitrogens is 8. The molecule has 0 bridgehead atoms. The molecule has 6 aromatic rings. The monoisotopic (exact) mass is 664 g/mol. The van der Waals surface area contributed by atoms with E-state index in [1.165, 1.54) is 0 Å². The number of para-hydroxylation sites is 1. The van der Waals surface area contributed by atoms with Crippen LogP contribution in [0.1, 0.15) is 75.2 Å². The van der Waals surface area contributed by atoms with Gasteiger partial charge in [0.2, 0.25) is 11.9 Å². The molecule has 0 aliphatic heterocycles. The van der Waals surface area contributed by atoms with E-state index in [0.29, 0.717) is 79.0 Å². The maximum Gasteiger partial charge on any atom is 0.276 e. The molecule has 6 rings (SSSR count). The van der Waals surface area contributed by atoms with Crippen LogP contribution in [0, 0.1) is 13.8 Å². The minimum atomic E-state index is -0.559. The summed E-state index contributed by atoms with van der Waals surface area (Å²) in [7, 11) is 1.62. The van der Waals surface area contributed by atoms with Crippen molar-refractivity contribution in [3.63, 3.8) is 0 Å². The van der Waals surface area contributed by atoms with E-state index in [1.54, 1.807) is 40.7 Å². The van der Waals surface area contributed by atoms with Crippen molar-refractivity contribution in [3.05, 3.63) is 82.7 Å². The van der Waals surface area contributed by atoms with Gasteiger partial charge in [-0.15, -0.1) is 0 Å². The average molecular weight is 665 g/mol. The van der Waals surface area contributed by atoms with E-state index < -0.39 is 5.91 Å². The first kappa shape index (κ1) is 33.1. The van der Waals surface area contributed by atoms with Crippen LogP contribution in [0.2, 0.25) is 0 Å². The molecular weight excluding hydrogens is 624 g/mol. The van der Waals surface area contributed by atoms with E-state index in [0.717, 1.165) is 27.9 Å². The second-order valence-electron chi connectivity index (χ2n) is 11.9. The molecule has 4 heterocycles. The number of imidazole rings is 2. The second-order valence-corrected chi connectivity index (χ2v) is 11.9. The van der Waals surface area contributed by atoms with Crippen LogP contribution in [0.25, 0.3) is 22.1 Å². The van der Waals surface area contributed by atoms with E-state index in [9.17, 15) is 14.4 Å². The lowest BCUT2D eigenvalue weighted by Crippen LogP contribution is -2.20. The maximum atomic E-state index is 13.5. The fraction of sp³-hybridized carbons (Fsp3) is 0.343. The number of carbonyl (C=O) groups is 3. The molecule has 3 N–H and O–H groups in total. The Morgan fingerprint density at radius 1 is 0.837 bits per heavy atom. The number of ketones is 1. The molecule has 2 amide bonds. The van der Waals surface area contributed by atoms with Gasteiger partial charge in [0.15, 0.2) is 5.78 Å². The fourth-order valence-electron chi connectivity index (χ4n) is 6.27. The zero-order chi connectivity index (χ0) is 34.8. The normalized spacial score (nSPS) is 11.4. The summed E-state index contributed by atoms with van der Waals surface area (Å²) in [6.45, 7) is 9.81. The summed E-state index contributed by atoms with van der Waals surface area (Å²) in [6, 6.07) is 14.3. The summed E-state index contributed by atoms with van der Waals surface area (Å²) in [5.41, 5.74) is 11.3. The summed E-state index contributed by atoms with van der Waals surface area (Å²) in [5.74, 6) is 0.727. The highest BCUT2D eigenvalue weighted by Crippen LogP contribution is 2.28. The number of primary amides is 1.